The van der Waals surface area contributed by atoms with Crippen molar-refractivity contribution < 1.29 is 17.9 Å². The van der Waals surface area contributed by atoms with Gasteiger partial charge in [0.05, 0.1) is 11.4 Å². The van der Waals surface area contributed by atoms with Gasteiger partial charge >= 0.3 is 6.09 Å². The minimum Gasteiger partial charge on any atom is -0.448 e. The summed E-state index contributed by atoms with van der Waals surface area (Å²) in [6.45, 7) is 1.24. The number of carbonyl (C=O) groups excluding carboxylic acids is 1. The minimum absolute atomic E-state index is 0.101. The van der Waals surface area contributed by atoms with E-state index in [2.05, 4.69) is 4.72 Å². The van der Waals surface area contributed by atoms with Crippen molar-refractivity contribution in [1.29, 1.82) is 0 Å². The van der Waals surface area contributed by atoms with Crippen molar-refractivity contribution in [3.8, 4) is 0 Å². The molecule has 1 amide bonds. The first kappa shape index (κ1) is 14.1. The Hall–Kier alpha value is -1.31. The summed E-state index contributed by atoms with van der Waals surface area (Å²) in [6.07, 6.45) is -0.415. The summed E-state index contributed by atoms with van der Waals surface area (Å²) in [5, 5.41) is 0.353. The molecule has 1 N–H and O–H groups in total. The van der Waals surface area contributed by atoms with Gasteiger partial charge in [0.15, 0.2) is 0 Å². The van der Waals surface area contributed by atoms with E-state index in [1.54, 1.807) is 12.1 Å². The molecule has 0 unspecified atom stereocenters. The normalized spacial score (nSPS) is 15.6. The Bertz CT molecular complexity index is 576. The van der Waals surface area contributed by atoms with E-state index in [1.807, 2.05) is 0 Å². The number of hydrogen-bond donors (Lipinski definition) is 1. The molecule has 1 aliphatic rings. The first-order valence-corrected chi connectivity index (χ1v) is 7.52. The van der Waals surface area contributed by atoms with E-state index < -0.39 is 16.1 Å². The molecule has 104 valence electrons. The Morgan fingerprint density at radius 3 is 2.84 bits per heavy atom. The number of rotatable bonds is 5. The van der Waals surface area contributed by atoms with Gasteiger partial charge in [-0.05, 0) is 18.2 Å². The lowest BCUT2D eigenvalue weighted by Gasteiger charge is -2.13. The lowest BCUT2D eigenvalue weighted by molar-refractivity contribution is 0.159. The third-order valence-corrected chi connectivity index (χ3v) is 4.32. The fraction of sp³-hybridized carbons (Fsp3) is 0.364. The second-order valence-corrected chi connectivity index (χ2v) is 6.16. The quantitative estimate of drug-likeness (QED) is 0.883. The average Bonchev–Trinajstić information content (AvgIpc) is 2.75. The van der Waals surface area contributed by atoms with Gasteiger partial charge < -0.3 is 9.64 Å². The fourth-order valence-corrected chi connectivity index (χ4v) is 2.98. The van der Waals surface area contributed by atoms with E-state index >= 15 is 0 Å². The number of nitrogens with zero attached hydrogens (tertiary/aromatic N) is 1. The van der Waals surface area contributed by atoms with Crippen LogP contribution >= 0.6 is 11.6 Å². The Morgan fingerprint density at radius 2 is 2.21 bits per heavy atom. The number of benzene rings is 1. The number of halogens is 1. The molecule has 1 fully saturated rings. The predicted molar refractivity (Wildman–Crippen MR) is 69.6 cm³/mol. The monoisotopic (exact) mass is 304 g/mol. The van der Waals surface area contributed by atoms with Crippen molar-refractivity contribution in [2.45, 2.75) is 4.90 Å². The van der Waals surface area contributed by atoms with Crippen LogP contribution < -0.4 is 4.72 Å². The predicted octanol–water partition coefficient (Wildman–Crippen LogP) is 1.07. The summed E-state index contributed by atoms with van der Waals surface area (Å²) in [5.74, 6) is 0. The Morgan fingerprint density at radius 1 is 1.42 bits per heavy atom. The summed E-state index contributed by atoms with van der Waals surface area (Å²) in [4.78, 5) is 12.7. The van der Waals surface area contributed by atoms with Gasteiger partial charge in [-0.25, -0.2) is 17.9 Å². The third kappa shape index (κ3) is 3.59. The topological polar surface area (TPSA) is 75.7 Å². The van der Waals surface area contributed by atoms with Gasteiger partial charge in [-0.1, -0.05) is 17.7 Å². The van der Waals surface area contributed by atoms with E-state index in [-0.39, 0.29) is 18.0 Å². The number of amides is 1. The van der Waals surface area contributed by atoms with Gasteiger partial charge in [-0.2, -0.15) is 0 Å². The highest BCUT2D eigenvalue weighted by atomic mass is 35.5. The van der Waals surface area contributed by atoms with Crippen LogP contribution in [0, 0.1) is 0 Å². The molecule has 0 saturated carbocycles. The van der Waals surface area contributed by atoms with Crippen LogP contribution in [0.4, 0.5) is 4.79 Å². The molecule has 2 rings (SSSR count). The molecular weight excluding hydrogens is 292 g/mol. The number of hydrogen-bond acceptors (Lipinski definition) is 4. The van der Waals surface area contributed by atoms with Crippen molar-refractivity contribution in [3.05, 3.63) is 29.3 Å². The lowest BCUT2D eigenvalue weighted by atomic mass is 10.4. The molecular formula is C11H13ClN2O4S. The van der Waals surface area contributed by atoms with Crippen LogP contribution in [0.15, 0.2) is 29.2 Å². The highest BCUT2D eigenvalue weighted by Gasteiger charge is 2.22. The Balaban J connectivity index is 1.93. The van der Waals surface area contributed by atoms with E-state index in [0.29, 0.717) is 18.2 Å². The van der Waals surface area contributed by atoms with Crippen LogP contribution in [0.3, 0.4) is 0 Å². The van der Waals surface area contributed by atoms with E-state index in [1.165, 1.54) is 17.0 Å². The molecule has 0 aliphatic carbocycles. The zero-order valence-corrected chi connectivity index (χ0v) is 11.6. The zero-order chi connectivity index (χ0) is 13.9. The number of carbonyl (C=O) groups is 1. The first-order valence-electron chi connectivity index (χ1n) is 5.66. The molecule has 1 saturated heterocycles. The number of ether oxygens (including phenoxy) is 1. The molecule has 0 atom stereocenters. The summed E-state index contributed by atoms with van der Waals surface area (Å²) < 4.78 is 31.0. The van der Waals surface area contributed by atoms with E-state index in [0.717, 1.165) is 0 Å². The molecule has 0 aromatic heterocycles. The van der Waals surface area contributed by atoms with Crippen molar-refractivity contribution in [2.75, 3.05) is 26.2 Å². The smallest absolute Gasteiger partial charge is 0.409 e. The Kier molecular flexibility index (Phi) is 4.28. The molecule has 0 spiro atoms. The van der Waals surface area contributed by atoms with Gasteiger partial charge in [-0.15, -0.1) is 0 Å². The van der Waals surface area contributed by atoms with Gasteiger partial charge in [0, 0.05) is 18.1 Å². The molecule has 1 aliphatic heterocycles. The molecule has 19 heavy (non-hydrogen) atoms. The molecule has 8 heteroatoms. The van der Waals surface area contributed by atoms with Crippen LogP contribution in [0.2, 0.25) is 5.02 Å². The molecule has 1 aromatic rings. The van der Waals surface area contributed by atoms with Gasteiger partial charge in [0.1, 0.15) is 6.61 Å². The van der Waals surface area contributed by atoms with Crippen molar-refractivity contribution >= 4 is 27.7 Å². The maximum absolute atomic E-state index is 11.9. The van der Waals surface area contributed by atoms with Crippen molar-refractivity contribution in [3.63, 3.8) is 0 Å². The summed E-state index contributed by atoms with van der Waals surface area (Å²) >= 11 is 5.75. The van der Waals surface area contributed by atoms with Gasteiger partial charge in [-0.3, -0.25) is 0 Å². The Labute approximate surface area is 116 Å². The number of nitrogens with one attached hydrogen (secondary N) is 1. The molecule has 1 heterocycles. The van der Waals surface area contributed by atoms with Crippen molar-refractivity contribution in [1.82, 2.24) is 9.62 Å². The average molecular weight is 305 g/mol. The second kappa shape index (κ2) is 5.77. The lowest BCUT2D eigenvalue weighted by Crippen LogP contribution is -2.35. The second-order valence-electron chi connectivity index (χ2n) is 3.96. The molecule has 1 aromatic carbocycles. The third-order valence-electron chi connectivity index (χ3n) is 2.63. The summed E-state index contributed by atoms with van der Waals surface area (Å²) in [7, 11) is -3.61. The van der Waals surface area contributed by atoms with Gasteiger partial charge in [0.2, 0.25) is 10.0 Å². The summed E-state index contributed by atoms with van der Waals surface area (Å²) in [6, 6.07) is 5.99. The van der Waals surface area contributed by atoms with Crippen LogP contribution in [0.5, 0.6) is 0 Å². The number of cyclic esters (lactones) is 1. The molecule has 0 bridgehead atoms. The van der Waals surface area contributed by atoms with Crippen LogP contribution in [-0.2, 0) is 14.8 Å². The van der Waals surface area contributed by atoms with Crippen LogP contribution in [0.1, 0.15) is 0 Å². The van der Waals surface area contributed by atoms with Gasteiger partial charge in [0.25, 0.3) is 0 Å². The number of sulfonamides is 1. The van der Waals surface area contributed by atoms with Crippen molar-refractivity contribution in [2.24, 2.45) is 0 Å². The minimum atomic E-state index is -3.61. The van der Waals surface area contributed by atoms with E-state index in [4.69, 9.17) is 16.3 Å². The molecule has 0 radical (unpaired) electrons. The standard InChI is InChI=1S/C11H13ClN2O4S/c12-9-2-1-3-10(8-9)19(16,17)13-4-5-14-6-7-18-11(14)15/h1-3,8,13H,4-7H2. The zero-order valence-electron chi connectivity index (χ0n) is 10.0. The fourth-order valence-electron chi connectivity index (χ4n) is 1.66. The maximum Gasteiger partial charge on any atom is 0.409 e. The highest BCUT2D eigenvalue weighted by molar-refractivity contribution is 7.89. The maximum atomic E-state index is 11.9. The molecule has 6 nitrogen and oxygen atoms in total. The summed E-state index contributed by atoms with van der Waals surface area (Å²) in [5.41, 5.74) is 0. The first-order chi connectivity index (χ1) is 8.99. The largest absolute Gasteiger partial charge is 0.448 e. The van der Waals surface area contributed by atoms with E-state index in [9.17, 15) is 13.2 Å². The SMILES string of the molecule is O=C1OCCN1CCNS(=O)(=O)c1cccc(Cl)c1. The van der Waals surface area contributed by atoms with Crippen LogP contribution in [0.25, 0.3) is 0 Å². The van der Waals surface area contributed by atoms with Crippen LogP contribution in [-0.4, -0.2) is 45.7 Å². The highest BCUT2D eigenvalue weighted by Crippen LogP contribution is 2.15.